The average Bonchev–Trinajstić information content (AvgIpc) is 3.03. The van der Waals surface area contributed by atoms with Crippen LogP contribution in [-0.2, 0) is 17.4 Å². The zero-order valence-electron chi connectivity index (χ0n) is 13.0. The highest BCUT2D eigenvalue weighted by Gasteiger charge is 2.37. The van der Waals surface area contributed by atoms with Crippen LogP contribution in [-0.4, -0.2) is 24.3 Å². The second-order valence-electron chi connectivity index (χ2n) is 5.94. The van der Waals surface area contributed by atoms with E-state index in [4.69, 9.17) is 4.74 Å². The Morgan fingerprint density at radius 1 is 1.20 bits per heavy atom. The van der Waals surface area contributed by atoms with E-state index in [1.165, 1.54) is 22.7 Å². The van der Waals surface area contributed by atoms with Gasteiger partial charge < -0.3 is 9.64 Å². The van der Waals surface area contributed by atoms with E-state index in [9.17, 15) is 18.0 Å². The van der Waals surface area contributed by atoms with E-state index >= 15 is 0 Å². The van der Waals surface area contributed by atoms with Crippen LogP contribution in [0.3, 0.4) is 0 Å². The van der Waals surface area contributed by atoms with Crippen molar-refractivity contribution in [2.75, 3.05) is 18.1 Å². The Hall–Kier alpha value is -2.15. The number of ether oxygens (including phenoxy) is 1. The second kappa shape index (κ2) is 5.98. The summed E-state index contributed by atoms with van der Waals surface area (Å²) in [5, 5.41) is -0.321. The Labute approximate surface area is 146 Å². The number of fused-ring (bicyclic) bond motifs is 2. The zero-order valence-corrected chi connectivity index (χ0v) is 13.9. The number of rotatable bonds is 1. The Kier molecular flexibility index (Phi) is 3.91. The molecule has 2 aliphatic heterocycles. The summed E-state index contributed by atoms with van der Waals surface area (Å²) >= 11 is 1.47. The summed E-state index contributed by atoms with van der Waals surface area (Å²) in [5.41, 5.74) is 0.517. The van der Waals surface area contributed by atoms with Gasteiger partial charge in [0.15, 0.2) is 0 Å². The number of hydrogen-bond donors (Lipinski definition) is 0. The van der Waals surface area contributed by atoms with Crippen molar-refractivity contribution in [1.82, 2.24) is 0 Å². The van der Waals surface area contributed by atoms with Gasteiger partial charge in [-0.3, -0.25) is 4.79 Å². The minimum atomic E-state index is -4.46. The van der Waals surface area contributed by atoms with Crippen molar-refractivity contribution < 1.29 is 22.7 Å². The molecule has 7 heteroatoms. The van der Waals surface area contributed by atoms with E-state index < -0.39 is 11.7 Å². The molecule has 0 fully saturated rings. The molecule has 0 N–H and O–H groups in total. The molecule has 130 valence electrons. The molecule has 2 aromatic rings. The predicted molar refractivity (Wildman–Crippen MR) is 89.1 cm³/mol. The third kappa shape index (κ3) is 2.97. The van der Waals surface area contributed by atoms with Gasteiger partial charge in [-0.2, -0.15) is 13.2 Å². The minimum absolute atomic E-state index is 0.176. The smallest absolute Gasteiger partial charge is 0.416 e. The number of nitrogens with zero attached hydrogens (tertiary/aromatic N) is 1. The van der Waals surface area contributed by atoms with Gasteiger partial charge in [0, 0.05) is 4.90 Å². The number of alkyl halides is 3. The first-order valence-corrected chi connectivity index (χ1v) is 8.71. The van der Waals surface area contributed by atoms with Crippen LogP contribution in [0.5, 0.6) is 5.75 Å². The monoisotopic (exact) mass is 365 g/mol. The summed E-state index contributed by atoms with van der Waals surface area (Å²) in [4.78, 5) is 15.4. The molecule has 0 saturated carbocycles. The zero-order chi connectivity index (χ0) is 17.6. The molecule has 1 amide bonds. The Bertz CT molecular complexity index is 812. The largest absolute Gasteiger partial charge is 0.490 e. The molecule has 0 saturated heterocycles. The van der Waals surface area contributed by atoms with Gasteiger partial charge in [-0.05, 0) is 36.2 Å². The molecule has 2 aliphatic rings. The van der Waals surface area contributed by atoms with Gasteiger partial charge in [0.05, 0.1) is 23.0 Å². The third-order valence-corrected chi connectivity index (χ3v) is 5.64. The molecule has 0 spiro atoms. The number of halogens is 3. The number of amides is 1. The molecule has 2 heterocycles. The highest BCUT2D eigenvalue weighted by atomic mass is 32.2. The van der Waals surface area contributed by atoms with Crippen molar-refractivity contribution in [3.8, 4) is 5.75 Å². The number of thioether (sulfide) groups is 1. The van der Waals surface area contributed by atoms with Crippen LogP contribution in [0.4, 0.5) is 18.9 Å². The summed E-state index contributed by atoms with van der Waals surface area (Å²) in [6.07, 6.45) is -3.87. The van der Waals surface area contributed by atoms with Crippen LogP contribution in [0.15, 0.2) is 47.4 Å². The van der Waals surface area contributed by atoms with Crippen molar-refractivity contribution in [3.05, 3.63) is 53.6 Å². The average molecular weight is 365 g/mol. The molecular weight excluding hydrogens is 351 g/mol. The van der Waals surface area contributed by atoms with Crippen LogP contribution in [0.2, 0.25) is 0 Å². The van der Waals surface area contributed by atoms with E-state index in [0.29, 0.717) is 12.2 Å². The topological polar surface area (TPSA) is 29.5 Å². The predicted octanol–water partition coefficient (Wildman–Crippen LogP) is 4.15. The number of hydrogen-bond acceptors (Lipinski definition) is 3. The van der Waals surface area contributed by atoms with Crippen molar-refractivity contribution in [3.63, 3.8) is 0 Å². The van der Waals surface area contributed by atoms with Gasteiger partial charge in [-0.1, -0.05) is 18.2 Å². The number of benzene rings is 2. The maximum atomic E-state index is 13.0. The molecule has 0 aromatic heterocycles. The lowest BCUT2D eigenvalue weighted by atomic mass is 10.1. The number of carbonyl (C=O) groups is 1. The lowest BCUT2D eigenvalue weighted by Crippen LogP contribution is -2.42. The van der Waals surface area contributed by atoms with E-state index in [2.05, 4.69) is 0 Å². The lowest BCUT2D eigenvalue weighted by molar-refractivity contribution is -0.137. The Balaban J connectivity index is 1.64. The van der Waals surface area contributed by atoms with Crippen LogP contribution in [0.25, 0.3) is 0 Å². The highest BCUT2D eigenvalue weighted by Crippen LogP contribution is 2.42. The Morgan fingerprint density at radius 2 is 2.00 bits per heavy atom. The summed E-state index contributed by atoms with van der Waals surface area (Å²) < 4.78 is 44.5. The SMILES string of the molecule is O=C(C1Cc2ccccc2S1)N1CCOc2ccc(C(F)(F)F)cc21. The lowest BCUT2D eigenvalue weighted by Gasteiger charge is -2.31. The fraction of sp³-hybridized carbons (Fsp3) is 0.278. The first-order valence-electron chi connectivity index (χ1n) is 7.83. The fourth-order valence-corrected chi connectivity index (χ4v) is 4.37. The quantitative estimate of drug-likeness (QED) is 0.760. The number of carbonyl (C=O) groups excluding carboxylic acids is 1. The van der Waals surface area contributed by atoms with Gasteiger partial charge in [0.1, 0.15) is 12.4 Å². The summed E-state index contributed by atoms with van der Waals surface area (Å²) in [5.74, 6) is 0.137. The van der Waals surface area contributed by atoms with Crippen LogP contribution in [0.1, 0.15) is 11.1 Å². The summed E-state index contributed by atoms with van der Waals surface area (Å²) in [6.45, 7) is 0.523. The number of anilines is 1. The fourth-order valence-electron chi connectivity index (χ4n) is 3.12. The molecular formula is C18H14F3NO2S. The molecule has 1 unspecified atom stereocenters. The normalized spacial score (nSPS) is 19.2. The molecule has 3 nitrogen and oxygen atoms in total. The summed E-state index contributed by atoms with van der Waals surface area (Å²) in [7, 11) is 0. The third-order valence-electron chi connectivity index (χ3n) is 4.34. The Morgan fingerprint density at radius 3 is 2.76 bits per heavy atom. The van der Waals surface area contributed by atoms with E-state index in [0.717, 1.165) is 22.6 Å². The van der Waals surface area contributed by atoms with Crippen molar-refractivity contribution in [1.29, 1.82) is 0 Å². The van der Waals surface area contributed by atoms with Crippen LogP contribution >= 0.6 is 11.8 Å². The standard InChI is InChI=1S/C18H14F3NO2S/c19-18(20,21)12-5-6-14-13(10-12)22(7-8-24-14)17(23)16-9-11-3-1-2-4-15(11)25-16/h1-6,10,16H,7-9H2. The van der Waals surface area contributed by atoms with E-state index in [1.54, 1.807) is 0 Å². The highest BCUT2D eigenvalue weighted by molar-refractivity contribution is 8.01. The molecule has 0 bridgehead atoms. The molecule has 2 aromatic carbocycles. The van der Waals surface area contributed by atoms with E-state index in [-0.39, 0.29) is 30.0 Å². The maximum absolute atomic E-state index is 13.0. The molecule has 4 rings (SSSR count). The van der Waals surface area contributed by atoms with Gasteiger partial charge in [0.2, 0.25) is 5.91 Å². The van der Waals surface area contributed by atoms with Crippen LogP contribution < -0.4 is 9.64 Å². The molecule has 1 atom stereocenters. The van der Waals surface area contributed by atoms with Crippen LogP contribution in [0, 0.1) is 0 Å². The van der Waals surface area contributed by atoms with Crippen molar-refractivity contribution in [2.45, 2.75) is 22.7 Å². The maximum Gasteiger partial charge on any atom is 0.416 e. The van der Waals surface area contributed by atoms with Crippen molar-refractivity contribution in [2.24, 2.45) is 0 Å². The van der Waals surface area contributed by atoms with Gasteiger partial charge in [-0.15, -0.1) is 11.8 Å². The summed E-state index contributed by atoms with van der Waals surface area (Å²) in [6, 6.07) is 11.0. The first-order chi connectivity index (χ1) is 11.9. The first kappa shape index (κ1) is 16.3. The second-order valence-corrected chi connectivity index (χ2v) is 7.18. The van der Waals surface area contributed by atoms with Gasteiger partial charge >= 0.3 is 6.18 Å². The molecule has 0 radical (unpaired) electrons. The minimum Gasteiger partial charge on any atom is -0.490 e. The van der Waals surface area contributed by atoms with Crippen molar-refractivity contribution >= 4 is 23.4 Å². The van der Waals surface area contributed by atoms with Gasteiger partial charge in [0.25, 0.3) is 0 Å². The van der Waals surface area contributed by atoms with Gasteiger partial charge in [-0.25, -0.2) is 0 Å². The molecule has 25 heavy (non-hydrogen) atoms. The van der Waals surface area contributed by atoms with E-state index in [1.807, 2.05) is 24.3 Å². The molecule has 0 aliphatic carbocycles.